The normalized spacial score (nSPS) is 18.8. The third kappa shape index (κ3) is 3.13. The van der Waals surface area contributed by atoms with Crippen LogP contribution in [0.4, 0.5) is 5.69 Å². The van der Waals surface area contributed by atoms with Crippen LogP contribution in [0.15, 0.2) is 52.4 Å². The van der Waals surface area contributed by atoms with Gasteiger partial charge in [0.05, 0.1) is 17.7 Å². The van der Waals surface area contributed by atoms with Crippen molar-refractivity contribution in [2.24, 2.45) is 4.99 Å². The smallest absolute Gasteiger partial charge is 0.266 e. The zero-order chi connectivity index (χ0) is 18.1. The summed E-state index contributed by atoms with van der Waals surface area (Å²) in [5, 5.41) is 0.632. The number of benzene rings is 2. The van der Waals surface area contributed by atoms with E-state index in [-0.39, 0.29) is 12.7 Å². The molecule has 0 bridgehead atoms. The van der Waals surface area contributed by atoms with E-state index in [9.17, 15) is 4.79 Å². The Labute approximate surface area is 155 Å². The van der Waals surface area contributed by atoms with E-state index in [4.69, 9.17) is 14.2 Å². The number of amidine groups is 1. The molecule has 0 aliphatic carbocycles. The SMILES string of the molecule is COc1ccc(N=C2S/C(=C\c3ccc4c(c3)OCO4)C(=O)N2C)cc1. The molecular formula is C19H16N2O4S. The van der Waals surface area contributed by atoms with Crippen molar-refractivity contribution < 1.29 is 19.0 Å². The summed E-state index contributed by atoms with van der Waals surface area (Å²) in [6.07, 6.45) is 1.84. The number of methoxy groups -OCH3 is 1. The molecule has 1 fully saturated rings. The molecule has 26 heavy (non-hydrogen) atoms. The second-order valence-corrected chi connectivity index (χ2v) is 6.69. The number of nitrogens with zero attached hydrogens (tertiary/aromatic N) is 2. The number of carbonyl (C=O) groups is 1. The number of likely N-dealkylation sites (N-methyl/N-ethyl adjacent to an activating group) is 1. The molecule has 0 unspecified atom stereocenters. The third-order valence-corrected chi connectivity index (χ3v) is 5.06. The largest absolute Gasteiger partial charge is 0.497 e. The van der Waals surface area contributed by atoms with Gasteiger partial charge in [-0.1, -0.05) is 6.07 Å². The van der Waals surface area contributed by atoms with Crippen LogP contribution >= 0.6 is 11.8 Å². The van der Waals surface area contributed by atoms with E-state index in [0.29, 0.717) is 15.8 Å². The van der Waals surface area contributed by atoms with E-state index < -0.39 is 0 Å². The van der Waals surface area contributed by atoms with E-state index in [1.807, 2.05) is 48.5 Å². The highest BCUT2D eigenvalue weighted by Gasteiger charge is 2.30. The molecule has 0 spiro atoms. The molecule has 0 saturated carbocycles. The van der Waals surface area contributed by atoms with E-state index in [1.165, 1.54) is 11.8 Å². The summed E-state index contributed by atoms with van der Waals surface area (Å²) in [7, 11) is 3.34. The first-order chi connectivity index (χ1) is 12.6. The summed E-state index contributed by atoms with van der Waals surface area (Å²) in [5.41, 5.74) is 1.64. The molecule has 6 nitrogen and oxygen atoms in total. The summed E-state index contributed by atoms with van der Waals surface area (Å²) in [4.78, 5) is 19.2. The first-order valence-corrected chi connectivity index (χ1v) is 8.76. The van der Waals surface area contributed by atoms with Gasteiger partial charge in [-0.05, 0) is 59.8 Å². The van der Waals surface area contributed by atoms with Crippen molar-refractivity contribution in [3.05, 3.63) is 52.9 Å². The Morgan fingerprint density at radius 3 is 2.69 bits per heavy atom. The van der Waals surface area contributed by atoms with Gasteiger partial charge in [0.2, 0.25) is 6.79 Å². The second-order valence-electron chi connectivity index (χ2n) is 5.68. The second kappa shape index (κ2) is 6.76. The lowest BCUT2D eigenvalue weighted by atomic mass is 10.2. The Bertz CT molecular complexity index is 922. The minimum absolute atomic E-state index is 0.0834. The van der Waals surface area contributed by atoms with Crippen LogP contribution in [-0.2, 0) is 4.79 Å². The quantitative estimate of drug-likeness (QED) is 0.774. The van der Waals surface area contributed by atoms with Gasteiger partial charge in [-0.2, -0.15) is 0 Å². The number of aliphatic imine (C=N–C) groups is 1. The van der Waals surface area contributed by atoms with Crippen LogP contribution in [0, 0.1) is 0 Å². The highest BCUT2D eigenvalue weighted by Crippen LogP contribution is 2.36. The molecular weight excluding hydrogens is 352 g/mol. The monoisotopic (exact) mass is 368 g/mol. The standard InChI is InChI=1S/C19H16N2O4S/c1-21-18(22)17(10-12-3-8-15-16(9-12)25-11-24-15)26-19(21)20-13-4-6-14(23-2)7-5-13/h3-10H,11H2,1-2H3/b17-10-,20-19?. The van der Waals surface area contributed by atoms with Gasteiger partial charge in [-0.25, -0.2) is 4.99 Å². The summed E-state index contributed by atoms with van der Waals surface area (Å²) >= 11 is 1.34. The molecule has 0 aromatic heterocycles. The maximum absolute atomic E-state index is 12.5. The third-order valence-electron chi connectivity index (χ3n) is 4.00. The number of fused-ring (bicyclic) bond motifs is 1. The summed E-state index contributed by atoms with van der Waals surface area (Å²) < 4.78 is 15.8. The minimum atomic E-state index is -0.0834. The average Bonchev–Trinajstić information content (AvgIpc) is 3.23. The molecule has 132 valence electrons. The minimum Gasteiger partial charge on any atom is -0.497 e. The van der Waals surface area contributed by atoms with Crippen molar-refractivity contribution in [1.29, 1.82) is 0 Å². The number of amides is 1. The molecule has 2 heterocycles. The number of hydrogen-bond acceptors (Lipinski definition) is 6. The fourth-order valence-corrected chi connectivity index (χ4v) is 3.56. The van der Waals surface area contributed by atoms with Crippen LogP contribution in [0.3, 0.4) is 0 Å². The Kier molecular flexibility index (Phi) is 4.30. The molecule has 1 saturated heterocycles. The van der Waals surface area contributed by atoms with Gasteiger partial charge < -0.3 is 14.2 Å². The molecule has 0 N–H and O–H groups in total. The highest BCUT2D eigenvalue weighted by atomic mass is 32.2. The maximum Gasteiger partial charge on any atom is 0.266 e. The van der Waals surface area contributed by atoms with Crippen molar-refractivity contribution >= 4 is 34.6 Å². The van der Waals surface area contributed by atoms with Gasteiger partial charge in [-0.3, -0.25) is 9.69 Å². The fraction of sp³-hybridized carbons (Fsp3) is 0.158. The van der Waals surface area contributed by atoms with Crippen molar-refractivity contribution in [1.82, 2.24) is 4.90 Å². The highest BCUT2D eigenvalue weighted by molar-refractivity contribution is 8.18. The molecule has 0 radical (unpaired) electrons. The van der Waals surface area contributed by atoms with Crippen LogP contribution in [0.25, 0.3) is 6.08 Å². The van der Waals surface area contributed by atoms with Crippen molar-refractivity contribution in [2.45, 2.75) is 0 Å². The Morgan fingerprint density at radius 1 is 1.15 bits per heavy atom. The van der Waals surface area contributed by atoms with Gasteiger partial charge in [-0.15, -0.1) is 0 Å². The van der Waals surface area contributed by atoms with E-state index >= 15 is 0 Å². The maximum atomic E-state index is 12.5. The predicted octanol–water partition coefficient (Wildman–Crippen LogP) is 3.66. The topological polar surface area (TPSA) is 60.4 Å². The van der Waals surface area contributed by atoms with Crippen LogP contribution in [0.5, 0.6) is 17.2 Å². The lowest BCUT2D eigenvalue weighted by Crippen LogP contribution is -2.23. The lowest BCUT2D eigenvalue weighted by molar-refractivity contribution is -0.121. The van der Waals surface area contributed by atoms with Gasteiger partial charge in [0.1, 0.15) is 5.75 Å². The molecule has 1 amide bonds. The summed E-state index contributed by atoms with van der Waals surface area (Å²) in [5.74, 6) is 2.09. The summed E-state index contributed by atoms with van der Waals surface area (Å²) in [6.45, 7) is 0.227. The zero-order valence-corrected chi connectivity index (χ0v) is 15.1. The van der Waals surface area contributed by atoms with Gasteiger partial charge >= 0.3 is 0 Å². The fourth-order valence-electron chi connectivity index (χ4n) is 2.57. The Hall–Kier alpha value is -2.93. The Balaban J connectivity index is 1.59. The molecule has 2 aliphatic rings. The lowest BCUT2D eigenvalue weighted by Gasteiger charge is -2.07. The molecule has 2 aromatic rings. The first kappa shape index (κ1) is 16.5. The van der Waals surface area contributed by atoms with Crippen molar-refractivity contribution in [3.8, 4) is 17.2 Å². The first-order valence-electron chi connectivity index (χ1n) is 7.94. The zero-order valence-electron chi connectivity index (χ0n) is 14.3. The molecule has 2 aliphatic heterocycles. The average molecular weight is 368 g/mol. The molecule has 4 rings (SSSR count). The van der Waals surface area contributed by atoms with E-state index in [2.05, 4.69) is 4.99 Å². The molecule has 0 atom stereocenters. The van der Waals surface area contributed by atoms with E-state index in [0.717, 1.165) is 22.7 Å². The number of hydrogen-bond donors (Lipinski definition) is 0. The van der Waals surface area contributed by atoms with Crippen LogP contribution < -0.4 is 14.2 Å². The number of carbonyl (C=O) groups excluding carboxylic acids is 1. The van der Waals surface area contributed by atoms with Gasteiger partial charge in [0, 0.05) is 7.05 Å². The van der Waals surface area contributed by atoms with Crippen molar-refractivity contribution in [2.75, 3.05) is 21.0 Å². The number of thioether (sulfide) groups is 1. The number of rotatable bonds is 3. The summed E-state index contributed by atoms with van der Waals surface area (Å²) in [6, 6.07) is 13.0. The molecule has 7 heteroatoms. The van der Waals surface area contributed by atoms with Gasteiger partial charge in [0.25, 0.3) is 5.91 Å². The Morgan fingerprint density at radius 2 is 1.92 bits per heavy atom. The van der Waals surface area contributed by atoms with Crippen LogP contribution in [0.2, 0.25) is 0 Å². The van der Waals surface area contributed by atoms with Gasteiger partial charge in [0.15, 0.2) is 16.7 Å². The van der Waals surface area contributed by atoms with Crippen LogP contribution in [-0.4, -0.2) is 36.9 Å². The van der Waals surface area contributed by atoms with E-state index in [1.54, 1.807) is 19.1 Å². The predicted molar refractivity (Wildman–Crippen MR) is 101 cm³/mol. The van der Waals surface area contributed by atoms with Crippen molar-refractivity contribution in [3.63, 3.8) is 0 Å². The van der Waals surface area contributed by atoms with Crippen LogP contribution in [0.1, 0.15) is 5.56 Å². The number of ether oxygens (including phenoxy) is 3. The molecule has 2 aromatic carbocycles.